The minimum Gasteiger partial charge on any atom is -0.369 e. The van der Waals surface area contributed by atoms with Crippen LogP contribution < -0.4 is 10.9 Å². The number of amides is 1. The lowest BCUT2D eigenvalue weighted by Crippen LogP contribution is -2.36. The van der Waals surface area contributed by atoms with E-state index >= 15 is 0 Å². The van der Waals surface area contributed by atoms with Crippen molar-refractivity contribution in [3.63, 3.8) is 0 Å². The molecule has 1 aliphatic heterocycles. The second-order valence-corrected chi connectivity index (χ2v) is 10.0. The Kier molecular flexibility index (Phi) is 4.82. The van der Waals surface area contributed by atoms with E-state index in [4.69, 9.17) is 4.74 Å². The number of ether oxygens (including phenoxy) is 1. The molecule has 2 aromatic heterocycles. The average Bonchev–Trinajstić information content (AvgIpc) is 3.20. The van der Waals surface area contributed by atoms with Crippen molar-refractivity contribution in [3.05, 3.63) is 40.6 Å². The number of benzene rings is 1. The van der Waals surface area contributed by atoms with Crippen molar-refractivity contribution < 1.29 is 9.53 Å². The molecule has 8 heteroatoms. The third kappa shape index (κ3) is 3.65. The Balaban J connectivity index is 1.58. The van der Waals surface area contributed by atoms with Crippen molar-refractivity contribution in [1.82, 2.24) is 14.5 Å². The van der Waals surface area contributed by atoms with Crippen molar-refractivity contribution in [2.75, 3.05) is 5.32 Å². The first-order chi connectivity index (χ1) is 14.0. The maximum absolute atomic E-state index is 12.9. The van der Waals surface area contributed by atoms with Crippen LogP contribution in [-0.4, -0.2) is 31.6 Å². The largest absolute Gasteiger partial charge is 0.369 e. The Morgan fingerprint density at radius 1 is 1.30 bits per heavy atom. The fourth-order valence-corrected chi connectivity index (χ4v) is 4.98. The highest BCUT2D eigenvalue weighted by Crippen LogP contribution is 2.42. The molecule has 1 saturated heterocycles. The van der Waals surface area contributed by atoms with Gasteiger partial charge in [-0.15, -0.1) is 0 Å². The minimum absolute atomic E-state index is 0.0642. The van der Waals surface area contributed by atoms with Crippen LogP contribution in [0.5, 0.6) is 0 Å². The summed E-state index contributed by atoms with van der Waals surface area (Å²) < 4.78 is 7.58. The van der Waals surface area contributed by atoms with Gasteiger partial charge in [0, 0.05) is 13.2 Å². The lowest BCUT2D eigenvalue weighted by molar-refractivity contribution is -0.126. The first-order valence-corrected chi connectivity index (χ1v) is 10.7. The number of aromatic nitrogens is 3. The number of hydrogen-bond acceptors (Lipinski definition) is 6. The first kappa shape index (κ1) is 20.7. The van der Waals surface area contributed by atoms with Gasteiger partial charge in [0.25, 0.3) is 5.56 Å². The van der Waals surface area contributed by atoms with Gasteiger partial charge in [-0.05, 0) is 58.7 Å². The fourth-order valence-electron chi connectivity index (χ4n) is 4.16. The normalized spacial score (nSPS) is 19.9. The van der Waals surface area contributed by atoms with Crippen LogP contribution in [0.1, 0.15) is 39.9 Å². The number of rotatable bonds is 3. The van der Waals surface area contributed by atoms with Gasteiger partial charge in [0.15, 0.2) is 5.13 Å². The van der Waals surface area contributed by atoms with E-state index < -0.39 is 5.60 Å². The number of carbonyl (C=O) groups is 1. The Labute approximate surface area is 179 Å². The summed E-state index contributed by atoms with van der Waals surface area (Å²) >= 11 is 1.40. The highest BCUT2D eigenvalue weighted by atomic mass is 32.1. The van der Waals surface area contributed by atoms with Crippen molar-refractivity contribution in [1.29, 1.82) is 0 Å². The molecule has 3 heterocycles. The van der Waals surface area contributed by atoms with E-state index in [0.717, 1.165) is 10.4 Å². The molecule has 0 aliphatic carbocycles. The van der Waals surface area contributed by atoms with Crippen LogP contribution in [0.2, 0.25) is 0 Å². The predicted molar refractivity (Wildman–Crippen MR) is 119 cm³/mol. The summed E-state index contributed by atoms with van der Waals surface area (Å²) in [5.74, 6) is 0.334. The highest BCUT2D eigenvalue weighted by Gasteiger charge is 2.49. The molecule has 0 bridgehead atoms. The summed E-state index contributed by atoms with van der Waals surface area (Å²) in [4.78, 5) is 35.1. The van der Waals surface area contributed by atoms with E-state index in [2.05, 4.69) is 15.3 Å². The number of nitrogens with one attached hydrogen (secondary N) is 1. The third-order valence-electron chi connectivity index (χ3n) is 5.71. The van der Waals surface area contributed by atoms with Gasteiger partial charge in [-0.25, -0.2) is 9.97 Å². The molecule has 1 amide bonds. The van der Waals surface area contributed by atoms with E-state index in [1.54, 1.807) is 19.3 Å². The molecule has 158 valence electrons. The van der Waals surface area contributed by atoms with Crippen molar-refractivity contribution in [2.45, 2.75) is 52.2 Å². The zero-order chi connectivity index (χ0) is 21.8. The lowest BCUT2D eigenvalue weighted by atomic mass is 9.87. The summed E-state index contributed by atoms with van der Waals surface area (Å²) in [6.07, 6.45) is 2.39. The smallest absolute Gasteiger partial charge is 0.261 e. The number of fused-ring (bicyclic) bond motifs is 1. The molecule has 1 unspecified atom stereocenters. The standard InChI is InChI=1S/C22H26N4O3S/c1-12-24-16-9-13(7-8-14(16)19(28)26(12)6)17-11-23-20(30-17)25-18(27)15-10-21(2,3)29-22(15,4)5/h7-9,11,15H,10H2,1-6H3,(H,23,25,27). The van der Waals surface area contributed by atoms with Gasteiger partial charge in [0.1, 0.15) is 5.82 Å². The van der Waals surface area contributed by atoms with Crippen LogP contribution >= 0.6 is 11.3 Å². The van der Waals surface area contributed by atoms with E-state index in [1.165, 1.54) is 15.9 Å². The molecular formula is C22H26N4O3S. The lowest BCUT2D eigenvalue weighted by Gasteiger charge is -2.26. The monoisotopic (exact) mass is 426 g/mol. The molecule has 30 heavy (non-hydrogen) atoms. The molecular weight excluding hydrogens is 400 g/mol. The minimum atomic E-state index is -0.526. The number of anilines is 1. The van der Waals surface area contributed by atoms with Crippen LogP contribution in [0.3, 0.4) is 0 Å². The van der Waals surface area contributed by atoms with E-state index in [1.807, 2.05) is 46.8 Å². The van der Waals surface area contributed by atoms with Crippen LogP contribution in [-0.2, 0) is 16.6 Å². The number of nitrogens with zero attached hydrogens (tertiary/aromatic N) is 3. The Bertz CT molecular complexity index is 1210. The molecule has 1 aromatic carbocycles. The number of carbonyl (C=O) groups excluding carboxylic acids is 1. The number of aryl methyl sites for hydroxylation is 1. The van der Waals surface area contributed by atoms with Crippen LogP contribution in [0.25, 0.3) is 21.3 Å². The van der Waals surface area contributed by atoms with Crippen molar-refractivity contribution >= 4 is 33.3 Å². The van der Waals surface area contributed by atoms with Crippen LogP contribution in [0.4, 0.5) is 5.13 Å². The molecule has 0 saturated carbocycles. The Morgan fingerprint density at radius 2 is 2.03 bits per heavy atom. The Hall–Kier alpha value is -2.58. The summed E-state index contributed by atoms with van der Waals surface area (Å²) in [6.45, 7) is 9.73. The quantitative estimate of drug-likeness (QED) is 0.686. The van der Waals surface area contributed by atoms with Gasteiger partial charge >= 0.3 is 0 Å². The van der Waals surface area contributed by atoms with Gasteiger partial charge in [-0.3, -0.25) is 14.2 Å². The topological polar surface area (TPSA) is 86.1 Å². The molecule has 1 atom stereocenters. The predicted octanol–water partition coefficient (Wildman–Crippen LogP) is 3.90. The molecule has 0 spiro atoms. The zero-order valence-electron chi connectivity index (χ0n) is 18.1. The summed E-state index contributed by atoms with van der Waals surface area (Å²) in [6, 6.07) is 5.56. The SMILES string of the molecule is Cc1nc2cc(-c3cnc(NC(=O)C4CC(C)(C)OC4(C)C)s3)ccc2c(=O)n1C. The van der Waals surface area contributed by atoms with Crippen molar-refractivity contribution in [2.24, 2.45) is 13.0 Å². The molecule has 3 aromatic rings. The zero-order valence-corrected chi connectivity index (χ0v) is 18.9. The van der Waals surface area contributed by atoms with Gasteiger partial charge in [-0.2, -0.15) is 0 Å². The summed E-state index contributed by atoms with van der Waals surface area (Å²) in [5, 5.41) is 4.07. The molecule has 1 N–H and O–H groups in total. The Morgan fingerprint density at radius 3 is 2.70 bits per heavy atom. The summed E-state index contributed by atoms with van der Waals surface area (Å²) in [5.41, 5.74) is 0.644. The fraction of sp³-hybridized carbons (Fsp3) is 0.455. The van der Waals surface area contributed by atoms with Gasteiger partial charge in [0.05, 0.1) is 32.9 Å². The van der Waals surface area contributed by atoms with Crippen molar-refractivity contribution in [3.8, 4) is 10.4 Å². The number of hydrogen-bond donors (Lipinski definition) is 1. The van der Waals surface area contributed by atoms with E-state index in [0.29, 0.717) is 28.3 Å². The maximum atomic E-state index is 12.9. The van der Waals surface area contributed by atoms with Gasteiger partial charge < -0.3 is 10.1 Å². The number of thiazole rings is 1. The van der Waals surface area contributed by atoms with Gasteiger partial charge in [-0.1, -0.05) is 17.4 Å². The van der Waals surface area contributed by atoms with Crippen LogP contribution in [0.15, 0.2) is 29.2 Å². The molecule has 7 nitrogen and oxygen atoms in total. The second kappa shape index (κ2) is 6.99. The second-order valence-electron chi connectivity index (χ2n) is 9.00. The van der Waals surface area contributed by atoms with E-state index in [9.17, 15) is 9.59 Å². The first-order valence-electron chi connectivity index (χ1n) is 9.91. The molecule has 4 rings (SSSR count). The summed E-state index contributed by atoms with van der Waals surface area (Å²) in [7, 11) is 1.72. The molecule has 1 aliphatic rings. The maximum Gasteiger partial charge on any atom is 0.261 e. The highest BCUT2D eigenvalue weighted by molar-refractivity contribution is 7.19. The molecule has 0 radical (unpaired) electrons. The average molecular weight is 427 g/mol. The third-order valence-corrected chi connectivity index (χ3v) is 6.67. The van der Waals surface area contributed by atoms with Crippen LogP contribution in [0, 0.1) is 12.8 Å². The van der Waals surface area contributed by atoms with Gasteiger partial charge in [0.2, 0.25) is 5.91 Å². The van der Waals surface area contributed by atoms with E-state index in [-0.39, 0.29) is 23.0 Å². The molecule has 1 fully saturated rings.